The van der Waals surface area contributed by atoms with E-state index in [1.165, 1.54) is 23.7 Å². The van der Waals surface area contributed by atoms with Crippen molar-refractivity contribution < 1.29 is 24.2 Å². The third kappa shape index (κ3) is 13.9. The molecule has 1 aliphatic carbocycles. The van der Waals surface area contributed by atoms with E-state index in [4.69, 9.17) is 34.3 Å². The van der Waals surface area contributed by atoms with Crippen LogP contribution in [0.15, 0.2) is 110 Å². The molecule has 8 rings (SSSR count). The van der Waals surface area contributed by atoms with E-state index < -0.39 is 5.54 Å². The summed E-state index contributed by atoms with van der Waals surface area (Å²) in [5.74, 6) is 0. The van der Waals surface area contributed by atoms with Gasteiger partial charge in [0.1, 0.15) is 18.8 Å². The van der Waals surface area contributed by atoms with E-state index in [1.54, 1.807) is 9.80 Å². The number of aliphatic hydroxyl groups is 1. The molecular formula is C48H59N11O5. The normalized spacial score (nSPS) is 14.6. The van der Waals surface area contributed by atoms with E-state index in [0.29, 0.717) is 39.3 Å². The number of hydrogen-bond donors (Lipinski definition) is 2. The van der Waals surface area contributed by atoms with Gasteiger partial charge in [-0.25, -0.2) is 27.6 Å². The molecule has 3 fully saturated rings. The quantitative estimate of drug-likeness (QED) is 0.127. The molecule has 2 saturated heterocycles. The first-order chi connectivity index (χ1) is 31.2. The van der Waals surface area contributed by atoms with Crippen molar-refractivity contribution in [3.63, 3.8) is 0 Å². The van der Waals surface area contributed by atoms with E-state index in [9.17, 15) is 9.59 Å². The fourth-order valence-corrected chi connectivity index (χ4v) is 6.89. The van der Waals surface area contributed by atoms with Crippen LogP contribution in [0.25, 0.3) is 14.5 Å². The maximum atomic E-state index is 12.2. The molecule has 0 unspecified atom stereocenters. The molecule has 0 spiro atoms. The average molecular weight is 870 g/mol. The Morgan fingerprint density at radius 1 is 0.703 bits per heavy atom. The Bertz CT molecular complexity index is 2300. The first-order valence-electron chi connectivity index (χ1n) is 21.3. The van der Waals surface area contributed by atoms with Crippen LogP contribution in [0.5, 0.6) is 0 Å². The zero-order valence-electron chi connectivity index (χ0n) is 37.3. The van der Waals surface area contributed by atoms with E-state index in [-0.39, 0.29) is 30.9 Å². The summed E-state index contributed by atoms with van der Waals surface area (Å²) in [5.41, 5.74) is 6.16. The number of hydrogen-bond acceptors (Lipinski definition) is 8. The summed E-state index contributed by atoms with van der Waals surface area (Å²) in [6.45, 7) is 30.5. The number of nitrogens with one attached hydrogen (secondary N) is 1. The van der Waals surface area contributed by atoms with Crippen molar-refractivity contribution in [1.29, 1.82) is 0 Å². The Morgan fingerprint density at radius 3 is 1.58 bits per heavy atom. The second-order valence-electron chi connectivity index (χ2n) is 15.4. The predicted octanol–water partition coefficient (Wildman–Crippen LogP) is 7.98. The van der Waals surface area contributed by atoms with Crippen LogP contribution in [0, 0.1) is 19.7 Å². The number of aliphatic hydroxyl groups excluding tert-OH is 1. The maximum Gasteiger partial charge on any atom is 0.410 e. The van der Waals surface area contributed by atoms with Gasteiger partial charge in [0.2, 0.25) is 13.1 Å². The smallest absolute Gasteiger partial charge is 0.410 e. The van der Waals surface area contributed by atoms with Crippen LogP contribution in [0.4, 0.5) is 9.59 Å². The number of benzene rings is 2. The van der Waals surface area contributed by atoms with Gasteiger partial charge in [-0.2, -0.15) is 15.3 Å². The Balaban J connectivity index is 0.000000197. The summed E-state index contributed by atoms with van der Waals surface area (Å²) < 4.78 is 14.3. The molecule has 16 nitrogen and oxygen atoms in total. The summed E-state index contributed by atoms with van der Waals surface area (Å²) in [6, 6.07) is 19.1. The van der Waals surface area contributed by atoms with Gasteiger partial charge in [-0.1, -0.05) is 81.4 Å². The number of ether oxygens (including phenoxy) is 2. The second kappa shape index (κ2) is 25.7. The minimum atomic E-state index is -0.430. The predicted molar refractivity (Wildman–Crippen MR) is 243 cm³/mol. The van der Waals surface area contributed by atoms with Crippen molar-refractivity contribution in [3.05, 3.63) is 172 Å². The molecule has 3 aliphatic rings. The monoisotopic (exact) mass is 869 g/mol. The van der Waals surface area contributed by atoms with Gasteiger partial charge in [-0.15, -0.1) is 0 Å². The van der Waals surface area contributed by atoms with Crippen LogP contribution in [0.2, 0.25) is 0 Å². The number of carbonyl (C=O) groups is 2. The minimum Gasteiger partial charge on any atom is -0.445 e. The molecule has 16 heteroatoms. The number of aryl methyl sites for hydroxylation is 3. The zero-order chi connectivity index (χ0) is 46.2. The molecule has 64 heavy (non-hydrogen) atoms. The van der Waals surface area contributed by atoms with Gasteiger partial charge >= 0.3 is 12.2 Å². The fourth-order valence-electron chi connectivity index (χ4n) is 6.89. The first-order valence-corrected chi connectivity index (χ1v) is 21.3. The van der Waals surface area contributed by atoms with Crippen LogP contribution in [0.3, 0.4) is 0 Å². The van der Waals surface area contributed by atoms with Crippen molar-refractivity contribution >= 4 is 12.2 Å². The molecule has 0 bridgehead atoms. The Morgan fingerprint density at radius 2 is 1.19 bits per heavy atom. The number of aromatic nitrogens is 6. The van der Waals surface area contributed by atoms with Crippen molar-refractivity contribution in [2.24, 2.45) is 0 Å². The average Bonchev–Trinajstić information content (AvgIpc) is 4.11. The topological polar surface area (TPSA) is 157 Å². The lowest BCUT2D eigenvalue weighted by molar-refractivity contribution is 0.00366. The molecule has 2 amide bonds. The molecule has 3 aromatic heterocycles. The zero-order valence-corrected chi connectivity index (χ0v) is 37.3. The Kier molecular flexibility index (Phi) is 19.8. The molecule has 2 aliphatic heterocycles. The van der Waals surface area contributed by atoms with Crippen LogP contribution < -0.4 is 0 Å². The van der Waals surface area contributed by atoms with E-state index >= 15 is 0 Å². The molecule has 2 aromatic carbocycles. The van der Waals surface area contributed by atoms with Gasteiger partial charge in [0.05, 0.1) is 38.3 Å². The summed E-state index contributed by atoms with van der Waals surface area (Å²) in [5, 5.41) is 22.3. The summed E-state index contributed by atoms with van der Waals surface area (Å²) in [4.78, 5) is 37.1. The molecule has 5 aromatic rings. The van der Waals surface area contributed by atoms with Crippen molar-refractivity contribution in [1.82, 2.24) is 39.6 Å². The minimum absolute atomic E-state index is 0.0369. The lowest BCUT2D eigenvalue weighted by Gasteiger charge is -2.45. The number of rotatable bonds is 11. The lowest BCUT2D eigenvalue weighted by Crippen LogP contribution is -2.65. The Hall–Kier alpha value is -7.22. The Labute approximate surface area is 376 Å². The van der Waals surface area contributed by atoms with E-state index in [1.807, 2.05) is 101 Å². The first kappa shape index (κ1) is 49.4. The molecule has 2 N–H and O–H groups in total. The van der Waals surface area contributed by atoms with Crippen molar-refractivity contribution in [3.8, 4) is 0 Å². The highest BCUT2D eigenvalue weighted by atomic mass is 16.6. The van der Waals surface area contributed by atoms with Crippen molar-refractivity contribution in [2.75, 3.05) is 46.4 Å². The number of nitrogens with zero attached hydrogens (tertiary/aromatic N) is 10. The second-order valence-corrected chi connectivity index (χ2v) is 15.4. The van der Waals surface area contributed by atoms with Gasteiger partial charge in [0, 0.05) is 38.8 Å². The molecular weight excluding hydrogens is 811 g/mol. The number of likely N-dealkylation sites (tertiary alicyclic amines) is 2. The largest absolute Gasteiger partial charge is 0.445 e. The lowest BCUT2D eigenvalue weighted by atomic mass is 9.77. The maximum absolute atomic E-state index is 12.2. The van der Waals surface area contributed by atoms with Crippen LogP contribution in [0.1, 0.15) is 67.9 Å². The number of aromatic amines is 1. The highest BCUT2D eigenvalue weighted by Crippen LogP contribution is 2.39. The molecule has 336 valence electrons. The van der Waals surface area contributed by atoms with Gasteiger partial charge in [-0.3, -0.25) is 14.5 Å². The van der Waals surface area contributed by atoms with Gasteiger partial charge in [0.15, 0.2) is 11.7 Å². The standard InChI is InChI=1S/C18H20N4O2.C13H12N2O2.C11H15N3.C5H8N2.CH4O/c1-3-15-9-20-22(10-15)18(12-19-2)13-21(14-18)17(23)24-11-16-7-5-4-6-8-16;1-14-7-12-8-15(9-12)13(16)17-10-11-5-3-2-4-6-11;1-3-10-7-13-14(8-10)11(9-12-2)5-4-6-11;1-2-5-3-6-7-4-5;1-2/h4-10H,3,11-14H2,1H3;2-7H,8-10H2;7-8H,3-6,9H2,1H3;3-4H,2H2,1H3,(H,6,7);2H,1H3. The van der Waals surface area contributed by atoms with Crippen LogP contribution in [-0.4, -0.2) is 103 Å². The van der Waals surface area contributed by atoms with Gasteiger partial charge in [-0.05, 0) is 71.9 Å². The fraction of sp³-hybridized carbons (Fsp3) is 0.417. The van der Waals surface area contributed by atoms with Crippen molar-refractivity contribution in [2.45, 2.75) is 83.6 Å². The highest BCUT2D eigenvalue weighted by molar-refractivity contribution is 5.70. The molecule has 0 radical (unpaired) electrons. The molecule has 5 heterocycles. The van der Waals surface area contributed by atoms with Gasteiger partial charge in [0.25, 0.3) is 0 Å². The van der Waals surface area contributed by atoms with E-state index in [2.05, 4.69) is 61.9 Å². The SMILES string of the molecule is CCc1cn[nH]c1.CO.[C-]#[N+]C=C1CN(C(=O)OCc2ccccc2)C1.[C-]#[N+]CC1(n2cc(CC)cn2)CCC1.[C-]#[N+]CC1(n2cc(CC)cn2)CN(C(=O)OCc2ccccc2)C1. The number of carbonyl (C=O) groups excluding carboxylic acids is 2. The third-order valence-electron chi connectivity index (χ3n) is 11.0. The summed E-state index contributed by atoms with van der Waals surface area (Å²) in [6.07, 6.45) is 18.8. The van der Waals surface area contributed by atoms with Crippen LogP contribution in [-0.2, 0) is 53.0 Å². The molecule has 1 saturated carbocycles. The van der Waals surface area contributed by atoms with Gasteiger partial charge < -0.3 is 34.1 Å². The number of H-pyrrole nitrogens is 1. The molecule has 0 atom stereocenters. The highest BCUT2D eigenvalue weighted by Gasteiger charge is 2.51. The van der Waals surface area contributed by atoms with Crippen LogP contribution >= 0.6 is 0 Å². The number of amides is 2. The third-order valence-corrected chi connectivity index (χ3v) is 11.0. The summed E-state index contributed by atoms with van der Waals surface area (Å²) in [7, 11) is 1.00. The van der Waals surface area contributed by atoms with E-state index in [0.717, 1.165) is 61.5 Å². The summed E-state index contributed by atoms with van der Waals surface area (Å²) >= 11 is 0.